The Kier molecular flexibility index (Phi) is 3.34. The smallest absolute Gasteiger partial charge is 0.336 e. The third-order valence-electron chi connectivity index (χ3n) is 2.46. The number of carboxylic acids is 1. The molecule has 0 aromatic heterocycles. The molecule has 0 fully saturated rings. The second kappa shape index (κ2) is 4.78. The quantitative estimate of drug-likeness (QED) is 0.890. The molecule has 0 atom stereocenters. The van der Waals surface area contributed by atoms with Gasteiger partial charge in [0, 0.05) is 15.6 Å². The van der Waals surface area contributed by atoms with Gasteiger partial charge in [0.05, 0.1) is 5.56 Å². The normalized spacial score (nSPS) is 10.3. The zero-order valence-corrected chi connectivity index (χ0v) is 10.6. The Labute approximate surface area is 111 Å². The van der Waals surface area contributed by atoms with E-state index >= 15 is 0 Å². The Morgan fingerprint density at radius 3 is 2.39 bits per heavy atom. The maximum absolute atomic E-state index is 13.1. The van der Waals surface area contributed by atoms with E-state index in [0.29, 0.717) is 10.0 Å². The molecule has 2 rings (SSSR count). The summed E-state index contributed by atoms with van der Waals surface area (Å²) in [7, 11) is 0. The number of phenols is 1. The van der Waals surface area contributed by atoms with Gasteiger partial charge in [-0.25, -0.2) is 9.18 Å². The van der Waals surface area contributed by atoms with E-state index in [2.05, 4.69) is 15.9 Å². The summed E-state index contributed by atoms with van der Waals surface area (Å²) in [6.45, 7) is 0. The molecule has 0 amide bonds. The number of carboxylic acid groups (broad SMARTS) is 1. The van der Waals surface area contributed by atoms with Gasteiger partial charge >= 0.3 is 5.97 Å². The van der Waals surface area contributed by atoms with Crippen LogP contribution < -0.4 is 0 Å². The van der Waals surface area contributed by atoms with Crippen molar-refractivity contribution >= 4 is 21.9 Å². The van der Waals surface area contributed by atoms with Crippen molar-refractivity contribution in [1.82, 2.24) is 0 Å². The van der Waals surface area contributed by atoms with Crippen LogP contribution in [-0.2, 0) is 0 Å². The van der Waals surface area contributed by atoms with Crippen molar-refractivity contribution in [2.45, 2.75) is 0 Å². The predicted octanol–water partition coefficient (Wildman–Crippen LogP) is 3.66. The van der Waals surface area contributed by atoms with Gasteiger partial charge in [-0.2, -0.15) is 0 Å². The first-order valence-electron chi connectivity index (χ1n) is 5.01. The molecule has 0 aliphatic heterocycles. The van der Waals surface area contributed by atoms with Crippen LogP contribution in [0.3, 0.4) is 0 Å². The van der Waals surface area contributed by atoms with Crippen LogP contribution in [-0.4, -0.2) is 16.2 Å². The van der Waals surface area contributed by atoms with Crippen LogP contribution in [0.4, 0.5) is 4.39 Å². The molecule has 18 heavy (non-hydrogen) atoms. The van der Waals surface area contributed by atoms with Crippen molar-refractivity contribution in [2.75, 3.05) is 0 Å². The van der Waals surface area contributed by atoms with Crippen LogP contribution in [0.25, 0.3) is 11.1 Å². The van der Waals surface area contributed by atoms with Crippen LogP contribution in [0, 0.1) is 5.82 Å². The van der Waals surface area contributed by atoms with Crippen molar-refractivity contribution in [2.24, 2.45) is 0 Å². The van der Waals surface area contributed by atoms with Crippen LogP contribution in [0.5, 0.6) is 5.75 Å². The summed E-state index contributed by atoms with van der Waals surface area (Å²) in [4.78, 5) is 11.1. The first-order valence-corrected chi connectivity index (χ1v) is 5.80. The molecular formula is C13H8BrFO3. The van der Waals surface area contributed by atoms with E-state index in [9.17, 15) is 14.3 Å². The zero-order valence-electron chi connectivity index (χ0n) is 9.02. The molecule has 0 aliphatic rings. The topological polar surface area (TPSA) is 57.5 Å². The number of rotatable bonds is 2. The first-order chi connectivity index (χ1) is 8.49. The number of carbonyl (C=O) groups is 1. The number of halogens is 2. The van der Waals surface area contributed by atoms with Gasteiger partial charge in [-0.3, -0.25) is 0 Å². The Balaban J connectivity index is 2.67. The highest BCUT2D eigenvalue weighted by Gasteiger charge is 2.15. The van der Waals surface area contributed by atoms with Gasteiger partial charge in [-0.1, -0.05) is 22.0 Å². The minimum atomic E-state index is -1.24. The SMILES string of the molecule is O=C(O)c1cc(F)ccc1-c1ccc(Br)cc1O. The Morgan fingerprint density at radius 1 is 1.11 bits per heavy atom. The monoisotopic (exact) mass is 310 g/mol. The maximum atomic E-state index is 13.1. The lowest BCUT2D eigenvalue weighted by Crippen LogP contribution is -2.00. The van der Waals surface area contributed by atoms with E-state index in [1.807, 2.05) is 0 Å². The van der Waals surface area contributed by atoms with E-state index in [1.165, 1.54) is 12.1 Å². The molecule has 0 saturated carbocycles. The number of phenolic OH excluding ortho intramolecular Hbond substituents is 1. The average molecular weight is 311 g/mol. The molecule has 5 heteroatoms. The summed E-state index contributed by atoms with van der Waals surface area (Å²) in [6, 6.07) is 8.11. The lowest BCUT2D eigenvalue weighted by molar-refractivity contribution is 0.0697. The Hall–Kier alpha value is -1.88. The predicted molar refractivity (Wildman–Crippen MR) is 68.2 cm³/mol. The first kappa shape index (κ1) is 12.6. The van der Waals surface area contributed by atoms with E-state index < -0.39 is 11.8 Å². The Bertz CT molecular complexity index is 626. The summed E-state index contributed by atoms with van der Waals surface area (Å²) in [6.07, 6.45) is 0. The molecule has 0 saturated heterocycles. The van der Waals surface area contributed by atoms with E-state index in [0.717, 1.165) is 12.1 Å². The van der Waals surface area contributed by atoms with E-state index in [1.54, 1.807) is 12.1 Å². The Morgan fingerprint density at radius 2 is 1.78 bits per heavy atom. The average Bonchev–Trinajstić information content (AvgIpc) is 2.29. The highest BCUT2D eigenvalue weighted by Crippen LogP contribution is 2.34. The molecule has 92 valence electrons. The number of hydrogen-bond donors (Lipinski definition) is 2. The molecule has 0 spiro atoms. The lowest BCUT2D eigenvalue weighted by atomic mass is 9.99. The molecule has 2 N–H and O–H groups in total. The summed E-state index contributed by atoms with van der Waals surface area (Å²) in [5.41, 5.74) is 0.428. The van der Waals surface area contributed by atoms with E-state index in [-0.39, 0.29) is 16.9 Å². The van der Waals surface area contributed by atoms with Crippen molar-refractivity contribution in [3.05, 3.63) is 52.3 Å². The molecular weight excluding hydrogens is 303 g/mol. The van der Waals surface area contributed by atoms with Crippen LogP contribution in [0.15, 0.2) is 40.9 Å². The van der Waals surface area contributed by atoms with Gasteiger partial charge in [0.25, 0.3) is 0 Å². The largest absolute Gasteiger partial charge is 0.507 e. The fourth-order valence-corrected chi connectivity index (χ4v) is 2.01. The van der Waals surface area contributed by atoms with Crippen molar-refractivity contribution in [1.29, 1.82) is 0 Å². The molecule has 0 unspecified atom stereocenters. The minimum absolute atomic E-state index is 0.0708. The summed E-state index contributed by atoms with van der Waals surface area (Å²) >= 11 is 3.19. The minimum Gasteiger partial charge on any atom is -0.507 e. The van der Waals surface area contributed by atoms with Crippen molar-refractivity contribution < 1.29 is 19.4 Å². The molecule has 0 aliphatic carbocycles. The standard InChI is InChI=1S/C13H8BrFO3/c14-7-1-3-10(12(16)5-7)9-4-2-8(15)6-11(9)13(17)18/h1-6,16H,(H,17,18). The lowest BCUT2D eigenvalue weighted by Gasteiger charge is -2.08. The van der Waals surface area contributed by atoms with Gasteiger partial charge in [0.2, 0.25) is 0 Å². The molecule has 3 nitrogen and oxygen atoms in total. The molecule has 0 heterocycles. The second-order valence-corrected chi connectivity index (χ2v) is 4.57. The molecule has 2 aromatic carbocycles. The maximum Gasteiger partial charge on any atom is 0.336 e. The zero-order chi connectivity index (χ0) is 13.3. The third kappa shape index (κ3) is 2.36. The molecule has 2 aromatic rings. The number of benzene rings is 2. The van der Waals surface area contributed by atoms with Gasteiger partial charge in [-0.05, 0) is 30.3 Å². The number of hydrogen-bond acceptors (Lipinski definition) is 2. The summed E-state index contributed by atoms with van der Waals surface area (Å²) in [5.74, 6) is -1.95. The van der Waals surface area contributed by atoms with Crippen molar-refractivity contribution in [3.63, 3.8) is 0 Å². The van der Waals surface area contributed by atoms with E-state index in [4.69, 9.17) is 5.11 Å². The van der Waals surface area contributed by atoms with Crippen LogP contribution >= 0.6 is 15.9 Å². The van der Waals surface area contributed by atoms with Gasteiger partial charge in [-0.15, -0.1) is 0 Å². The number of aromatic hydroxyl groups is 1. The van der Waals surface area contributed by atoms with Gasteiger partial charge in [0.1, 0.15) is 11.6 Å². The fourth-order valence-electron chi connectivity index (χ4n) is 1.66. The summed E-state index contributed by atoms with van der Waals surface area (Å²) < 4.78 is 13.7. The highest BCUT2D eigenvalue weighted by atomic mass is 79.9. The number of aromatic carboxylic acids is 1. The van der Waals surface area contributed by atoms with Gasteiger partial charge in [0.15, 0.2) is 0 Å². The van der Waals surface area contributed by atoms with Crippen LogP contribution in [0.1, 0.15) is 10.4 Å². The fraction of sp³-hybridized carbons (Fsp3) is 0. The summed E-state index contributed by atoms with van der Waals surface area (Å²) in [5, 5.41) is 18.8. The van der Waals surface area contributed by atoms with Gasteiger partial charge < -0.3 is 10.2 Å². The molecule has 0 radical (unpaired) electrons. The third-order valence-corrected chi connectivity index (χ3v) is 2.96. The second-order valence-electron chi connectivity index (χ2n) is 3.66. The molecule has 0 bridgehead atoms. The van der Waals surface area contributed by atoms with Crippen molar-refractivity contribution in [3.8, 4) is 16.9 Å². The highest BCUT2D eigenvalue weighted by molar-refractivity contribution is 9.10. The van der Waals surface area contributed by atoms with Crippen LogP contribution in [0.2, 0.25) is 0 Å².